The van der Waals surface area contributed by atoms with Crippen molar-refractivity contribution in [2.24, 2.45) is 5.92 Å². The average molecular weight is 418 g/mol. The number of halogens is 1. The molecule has 1 aromatic carbocycles. The minimum Gasteiger partial charge on any atom is -0.505 e. The van der Waals surface area contributed by atoms with Crippen LogP contribution in [0.25, 0.3) is 0 Å². The average Bonchev–Trinajstić information content (AvgIpc) is 2.58. The van der Waals surface area contributed by atoms with E-state index < -0.39 is 11.6 Å². The van der Waals surface area contributed by atoms with E-state index >= 15 is 0 Å². The Morgan fingerprint density at radius 2 is 1.88 bits per heavy atom. The monoisotopic (exact) mass is 417 g/mol. The number of carbonyl (C=O) groups excluding carboxylic acids is 2. The number of rotatable bonds is 6. The number of anilines is 1. The Balaban J connectivity index is 2.39. The van der Waals surface area contributed by atoms with Crippen molar-refractivity contribution in [1.29, 1.82) is 0 Å². The van der Waals surface area contributed by atoms with Gasteiger partial charge in [-0.05, 0) is 67.6 Å². The molecule has 4 nitrogen and oxygen atoms in total. The first kappa shape index (κ1) is 20.2. The van der Waals surface area contributed by atoms with Crippen LogP contribution >= 0.6 is 15.9 Å². The van der Waals surface area contributed by atoms with Crippen molar-refractivity contribution >= 4 is 33.2 Å². The molecule has 0 unspecified atom stereocenters. The summed E-state index contributed by atoms with van der Waals surface area (Å²) in [5.41, 5.74) is 2.63. The van der Waals surface area contributed by atoms with Crippen LogP contribution in [0.2, 0.25) is 0 Å². The van der Waals surface area contributed by atoms with E-state index in [1.165, 1.54) is 5.57 Å². The molecule has 0 aliphatic heterocycles. The number of carbonyl (C=O) groups is 2. The summed E-state index contributed by atoms with van der Waals surface area (Å²) < 4.78 is 0.801. The van der Waals surface area contributed by atoms with Gasteiger partial charge >= 0.3 is 0 Å². The highest BCUT2D eigenvalue weighted by atomic mass is 79.9. The molecule has 1 aromatic rings. The summed E-state index contributed by atoms with van der Waals surface area (Å²) >= 11 is 3.44. The van der Waals surface area contributed by atoms with Crippen molar-refractivity contribution in [1.82, 2.24) is 0 Å². The van der Waals surface area contributed by atoms with Crippen LogP contribution in [0.1, 0.15) is 40.5 Å². The number of benzene rings is 1. The van der Waals surface area contributed by atoms with Crippen LogP contribution in [0.15, 0.2) is 63.0 Å². The second-order valence-corrected chi connectivity index (χ2v) is 7.64. The Morgan fingerprint density at radius 3 is 2.50 bits per heavy atom. The van der Waals surface area contributed by atoms with Crippen molar-refractivity contribution in [3.63, 3.8) is 0 Å². The second-order valence-electron chi connectivity index (χ2n) is 6.79. The summed E-state index contributed by atoms with van der Waals surface area (Å²) in [6.07, 6.45) is 3.56. The summed E-state index contributed by atoms with van der Waals surface area (Å²) in [6.45, 7) is 7.46. The van der Waals surface area contributed by atoms with Gasteiger partial charge in [0.2, 0.25) is 11.6 Å². The molecule has 5 heteroatoms. The minimum absolute atomic E-state index is 0.132. The molecule has 0 bridgehead atoms. The van der Waals surface area contributed by atoms with Gasteiger partial charge in [-0.1, -0.05) is 30.7 Å². The predicted molar refractivity (Wildman–Crippen MR) is 108 cm³/mol. The third-order valence-electron chi connectivity index (χ3n) is 4.44. The zero-order valence-electron chi connectivity index (χ0n) is 15.5. The lowest BCUT2D eigenvalue weighted by Crippen LogP contribution is -2.30. The molecule has 0 heterocycles. The first-order chi connectivity index (χ1) is 12.2. The third kappa shape index (κ3) is 4.33. The van der Waals surface area contributed by atoms with Gasteiger partial charge < -0.3 is 10.4 Å². The maximum absolute atomic E-state index is 12.5. The largest absolute Gasteiger partial charge is 0.505 e. The van der Waals surface area contributed by atoms with Crippen LogP contribution < -0.4 is 5.32 Å². The van der Waals surface area contributed by atoms with Crippen LogP contribution in [-0.4, -0.2) is 16.7 Å². The van der Waals surface area contributed by atoms with E-state index in [-0.39, 0.29) is 22.8 Å². The quantitative estimate of drug-likeness (QED) is 0.365. The van der Waals surface area contributed by atoms with Gasteiger partial charge in [0, 0.05) is 10.0 Å². The molecule has 1 aliphatic rings. The van der Waals surface area contributed by atoms with E-state index in [9.17, 15) is 14.7 Å². The van der Waals surface area contributed by atoms with E-state index in [0.29, 0.717) is 17.8 Å². The summed E-state index contributed by atoms with van der Waals surface area (Å²) in [7, 11) is 0. The molecule has 0 saturated heterocycles. The van der Waals surface area contributed by atoms with Crippen molar-refractivity contribution in [2.45, 2.75) is 40.5 Å². The van der Waals surface area contributed by atoms with E-state index in [4.69, 9.17) is 0 Å². The SMILES string of the molecule is CC(C)=CCC[C@@H](C)C1=C(O)C(Nc2ccccc2Br)=C(C)C(=O)C1=O. The number of allylic oxidation sites excluding steroid dienone is 4. The van der Waals surface area contributed by atoms with Crippen molar-refractivity contribution in [3.8, 4) is 0 Å². The van der Waals surface area contributed by atoms with Crippen LogP contribution in [0.5, 0.6) is 0 Å². The van der Waals surface area contributed by atoms with Crippen LogP contribution in [0.4, 0.5) is 5.69 Å². The zero-order valence-corrected chi connectivity index (χ0v) is 17.1. The summed E-state index contributed by atoms with van der Waals surface area (Å²) in [6, 6.07) is 7.41. The summed E-state index contributed by atoms with van der Waals surface area (Å²) in [5.74, 6) is -1.53. The molecule has 26 heavy (non-hydrogen) atoms. The smallest absolute Gasteiger partial charge is 0.233 e. The highest BCUT2D eigenvalue weighted by Gasteiger charge is 2.35. The number of aliphatic hydroxyl groups is 1. The van der Waals surface area contributed by atoms with Crippen LogP contribution in [0, 0.1) is 5.92 Å². The lowest BCUT2D eigenvalue weighted by Gasteiger charge is -2.24. The van der Waals surface area contributed by atoms with Crippen molar-refractivity contribution in [3.05, 3.63) is 63.0 Å². The minimum atomic E-state index is -0.609. The topological polar surface area (TPSA) is 66.4 Å². The van der Waals surface area contributed by atoms with Gasteiger partial charge in [0.1, 0.15) is 5.76 Å². The summed E-state index contributed by atoms with van der Waals surface area (Å²) in [5, 5.41) is 13.9. The van der Waals surface area contributed by atoms with Gasteiger partial charge in [0.05, 0.1) is 17.0 Å². The molecule has 0 fully saturated rings. The number of Topliss-reactive ketones (excluding diaryl/α,β-unsaturated/α-hetero) is 2. The molecule has 0 spiro atoms. The molecular weight excluding hydrogens is 394 g/mol. The van der Waals surface area contributed by atoms with E-state index in [1.54, 1.807) is 6.92 Å². The Bertz CT molecular complexity index is 829. The maximum atomic E-state index is 12.5. The highest BCUT2D eigenvalue weighted by Crippen LogP contribution is 2.33. The molecular formula is C21H24BrNO3. The second kappa shape index (κ2) is 8.49. The Morgan fingerprint density at radius 1 is 1.23 bits per heavy atom. The Kier molecular flexibility index (Phi) is 6.59. The molecule has 2 rings (SSSR count). The molecule has 0 radical (unpaired) electrons. The first-order valence-electron chi connectivity index (χ1n) is 8.62. The van der Waals surface area contributed by atoms with Gasteiger partial charge in [-0.25, -0.2) is 0 Å². The molecule has 0 amide bonds. The maximum Gasteiger partial charge on any atom is 0.233 e. The zero-order chi connectivity index (χ0) is 19.4. The third-order valence-corrected chi connectivity index (χ3v) is 5.13. The van der Waals surface area contributed by atoms with Gasteiger partial charge in [-0.3, -0.25) is 9.59 Å². The van der Waals surface area contributed by atoms with Crippen LogP contribution in [0.3, 0.4) is 0 Å². The van der Waals surface area contributed by atoms with Crippen LogP contribution in [-0.2, 0) is 9.59 Å². The van der Waals surface area contributed by atoms with Gasteiger partial charge in [0.25, 0.3) is 0 Å². The van der Waals surface area contributed by atoms with Gasteiger partial charge in [-0.2, -0.15) is 0 Å². The molecule has 138 valence electrons. The molecule has 0 saturated carbocycles. The fourth-order valence-corrected chi connectivity index (χ4v) is 3.28. The van der Waals surface area contributed by atoms with Crippen molar-refractivity contribution in [2.75, 3.05) is 5.32 Å². The fraction of sp³-hybridized carbons (Fsp3) is 0.333. The van der Waals surface area contributed by atoms with Crippen molar-refractivity contribution < 1.29 is 14.7 Å². The van der Waals surface area contributed by atoms with E-state index in [2.05, 4.69) is 27.3 Å². The first-order valence-corrected chi connectivity index (χ1v) is 9.41. The lowest BCUT2D eigenvalue weighted by molar-refractivity contribution is -0.132. The number of ketones is 2. The Labute approximate surface area is 162 Å². The number of hydrogen-bond acceptors (Lipinski definition) is 4. The lowest BCUT2D eigenvalue weighted by atomic mass is 9.83. The standard InChI is InChI=1S/C21H24BrNO3/c1-12(2)8-7-9-13(3)17-20(25)18(14(4)19(24)21(17)26)23-16-11-6-5-10-15(16)22/h5-6,8,10-11,13,23,25H,7,9H2,1-4H3/t13-/m1/s1. The highest BCUT2D eigenvalue weighted by molar-refractivity contribution is 9.10. The molecule has 2 N–H and O–H groups in total. The number of para-hydroxylation sites is 1. The number of nitrogens with one attached hydrogen (secondary N) is 1. The van der Waals surface area contributed by atoms with Gasteiger partial charge in [-0.15, -0.1) is 0 Å². The molecule has 0 aromatic heterocycles. The number of hydrogen-bond donors (Lipinski definition) is 2. The molecule has 1 aliphatic carbocycles. The van der Waals surface area contributed by atoms with E-state index in [1.807, 2.05) is 45.0 Å². The predicted octanol–water partition coefficient (Wildman–Crippen LogP) is 5.48. The van der Waals surface area contributed by atoms with Gasteiger partial charge in [0.15, 0.2) is 0 Å². The molecule has 1 atom stereocenters. The summed E-state index contributed by atoms with van der Waals surface area (Å²) in [4.78, 5) is 24.9. The normalized spacial score (nSPS) is 16.0. The fourth-order valence-electron chi connectivity index (χ4n) is 2.90. The number of aliphatic hydroxyl groups excluding tert-OH is 1. The van der Waals surface area contributed by atoms with E-state index in [0.717, 1.165) is 10.9 Å². The Hall–Kier alpha value is -2.14.